The summed E-state index contributed by atoms with van der Waals surface area (Å²) in [5.41, 5.74) is 3.23. The third-order valence-corrected chi connectivity index (χ3v) is 7.19. The summed E-state index contributed by atoms with van der Waals surface area (Å²) in [6.45, 7) is 1.26. The van der Waals surface area contributed by atoms with Crippen molar-refractivity contribution >= 4 is 29.4 Å². The van der Waals surface area contributed by atoms with Crippen LogP contribution in [0.3, 0.4) is 0 Å². The summed E-state index contributed by atoms with van der Waals surface area (Å²) in [5, 5.41) is 16.4. The highest BCUT2D eigenvalue weighted by molar-refractivity contribution is 6.33. The Hall–Kier alpha value is -3.73. The van der Waals surface area contributed by atoms with Crippen LogP contribution in [0.4, 0.5) is 5.95 Å². The largest absolute Gasteiger partial charge is 0.497 e. The van der Waals surface area contributed by atoms with E-state index in [1.807, 2.05) is 12.1 Å². The summed E-state index contributed by atoms with van der Waals surface area (Å²) in [5.74, 6) is 0.466. The number of rotatable bonds is 9. The van der Waals surface area contributed by atoms with E-state index in [9.17, 15) is 14.7 Å². The molecule has 2 aromatic carbocycles. The molecule has 0 aliphatic carbocycles. The van der Waals surface area contributed by atoms with Crippen LogP contribution < -0.4 is 15.4 Å². The van der Waals surface area contributed by atoms with Crippen LogP contribution in [0.1, 0.15) is 40.4 Å². The van der Waals surface area contributed by atoms with Crippen molar-refractivity contribution in [1.29, 1.82) is 0 Å². The number of hydrogen-bond acceptors (Lipinski definition) is 8. The van der Waals surface area contributed by atoms with Gasteiger partial charge in [0.1, 0.15) is 12.3 Å². The summed E-state index contributed by atoms with van der Waals surface area (Å²) >= 11 is 6.44. The first-order chi connectivity index (χ1) is 18.9. The number of carbonyl (C=O) groups excluding carboxylic acids is 2. The Morgan fingerprint density at radius 2 is 2.08 bits per heavy atom. The lowest BCUT2D eigenvalue weighted by atomic mass is 10.0. The maximum Gasteiger partial charge on any atom is 0.254 e. The number of aliphatic hydroxyl groups excluding tert-OH is 1. The fraction of sp³-hybridized carbons (Fsp3) is 0.357. The number of halogens is 1. The minimum absolute atomic E-state index is 0.142. The van der Waals surface area contributed by atoms with Gasteiger partial charge in [-0.15, -0.1) is 0 Å². The molecule has 39 heavy (non-hydrogen) atoms. The topological polar surface area (TPSA) is 126 Å². The summed E-state index contributed by atoms with van der Waals surface area (Å²) in [6, 6.07) is 12.2. The minimum Gasteiger partial charge on any atom is -0.497 e. The third kappa shape index (κ3) is 6.13. The van der Waals surface area contributed by atoms with Crippen molar-refractivity contribution in [2.45, 2.75) is 31.5 Å². The van der Waals surface area contributed by atoms with E-state index in [1.165, 1.54) is 4.90 Å². The average Bonchev–Trinajstić information content (AvgIpc) is 3.27. The molecule has 2 aliphatic rings. The first-order valence-electron chi connectivity index (χ1n) is 12.8. The second kappa shape index (κ2) is 12.0. The number of hydrogen-bond donors (Lipinski definition) is 3. The number of fused-ring (bicyclic) bond motifs is 1. The van der Waals surface area contributed by atoms with E-state index in [-0.39, 0.29) is 31.0 Å². The molecule has 0 radical (unpaired) electrons. The lowest BCUT2D eigenvalue weighted by Gasteiger charge is -2.23. The molecule has 3 N–H and O–H groups in total. The van der Waals surface area contributed by atoms with Gasteiger partial charge in [0.2, 0.25) is 11.9 Å². The van der Waals surface area contributed by atoms with Crippen LogP contribution in [0.25, 0.3) is 11.3 Å². The molecule has 0 bridgehead atoms. The lowest BCUT2D eigenvalue weighted by molar-refractivity contribution is -0.122. The minimum atomic E-state index is -0.622. The molecular formula is C28H30ClN5O5. The van der Waals surface area contributed by atoms with E-state index in [2.05, 4.69) is 20.6 Å². The zero-order valence-electron chi connectivity index (χ0n) is 21.5. The second-order valence-corrected chi connectivity index (χ2v) is 9.94. The van der Waals surface area contributed by atoms with Gasteiger partial charge < -0.3 is 30.1 Å². The molecule has 0 saturated carbocycles. The molecule has 1 atom stereocenters. The Kier molecular flexibility index (Phi) is 8.25. The molecule has 1 fully saturated rings. The number of nitrogens with zero attached hydrogens (tertiary/aromatic N) is 3. The van der Waals surface area contributed by atoms with Gasteiger partial charge in [-0.2, -0.15) is 0 Å². The van der Waals surface area contributed by atoms with Crippen molar-refractivity contribution in [3.05, 3.63) is 70.4 Å². The highest BCUT2D eigenvalue weighted by Gasteiger charge is 2.30. The van der Waals surface area contributed by atoms with Crippen LogP contribution in [0.5, 0.6) is 5.75 Å². The smallest absolute Gasteiger partial charge is 0.254 e. The number of benzene rings is 2. The average molecular weight is 552 g/mol. The highest BCUT2D eigenvalue weighted by atomic mass is 35.5. The van der Waals surface area contributed by atoms with E-state index < -0.39 is 6.04 Å². The Balaban J connectivity index is 1.27. The summed E-state index contributed by atoms with van der Waals surface area (Å²) in [7, 11) is 1.55. The van der Waals surface area contributed by atoms with E-state index >= 15 is 0 Å². The molecule has 3 aromatic rings. The summed E-state index contributed by atoms with van der Waals surface area (Å²) in [4.78, 5) is 36.5. The quantitative estimate of drug-likeness (QED) is 0.370. The number of amides is 2. The van der Waals surface area contributed by atoms with Crippen LogP contribution in [0.15, 0.2) is 48.7 Å². The molecule has 204 valence electrons. The fourth-order valence-corrected chi connectivity index (χ4v) is 5.01. The predicted octanol–water partition coefficient (Wildman–Crippen LogP) is 3.20. The van der Waals surface area contributed by atoms with Gasteiger partial charge in [-0.25, -0.2) is 9.97 Å². The molecule has 5 rings (SSSR count). The standard InChI is InChI=1S/C28H30ClN5O5/c1-38-21-4-2-3-17(11-21)24(16-35)32-25(36)15-34-14-19-6-5-18(12-22(19)27(34)37)26-23(29)13-30-28(33-26)31-20-7-9-39-10-8-20/h2-6,11-13,20,24,35H,7-10,14-16H2,1H3,(H,32,36)(H,30,31,33)/t24-/m1/s1. The molecule has 1 aromatic heterocycles. The SMILES string of the molecule is COc1cccc([C@@H](CO)NC(=O)CN2Cc3ccc(-c4nc(NC5CCOCC5)ncc4Cl)cc3C2=O)c1. The molecule has 2 amide bonds. The Bertz CT molecular complexity index is 1360. The van der Waals surface area contributed by atoms with Crippen molar-refractivity contribution in [2.75, 3.05) is 38.8 Å². The van der Waals surface area contributed by atoms with Gasteiger partial charge in [0.25, 0.3) is 5.91 Å². The normalized spacial score (nSPS) is 16.1. The zero-order valence-corrected chi connectivity index (χ0v) is 22.3. The lowest BCUT2D eigenvalue weighted by Crippen LogP contribution is -2.40. The predicted molar refractivity (Wildman–Crippen MR) is 146 cm³/mol. The van der Waals surface area contributed by atoms with Crippen molar-refractivity contribution in [3.63, 3.8) is 0 Å². The van der Waals surface area contributed by atoms with Gasteiger partial charge in [0, 0.05) is 36.9 Å². The Morgan fingerprint density at radius 3 is 2.85 bits per heavy atom. The van der Waals surface area contributed by atoms with Crippen LogP contribution in [-0.2, 0) is 16.1 Å². The number of ether oxygens (including phenoxy) is 2. The maximum atomic E-state index is 13.2. The summed E-state index contributed by atoms with van der Waals surface area (Å²) < 4.78 is 10.6. The Morgan fingerprint density at radius 1 is 1.26 bits per heavy atom. The van der Waals surface area contributed by atoms with E-state index in [4.69, 9.17) is 21.1 Å². The monoisotopic (exact) mass is 551 g/mol. The number of aromatic nitrogens is 2. The number of carbonyl (C=O) groups is 2. The van der Waals surface area contributed by atoms with Crippen molar-refractivity contribution < 1.29 is 24.2 Å². The van der Waals surface area contributed by atoms with Gasteiger partial charge >= 0.3 is 0 Å². The first-order valence-corrected chi connectivity index (χ1v) is 13.2. The van der Waals surface area contributed by atoms with Crippen molar-refractivity contribution in [3.8, 4) is 17.0 Å². The molecule has 3 heterocycles. The van der Waals surface area contributed by atoms with Crippen molar-refractivity contribution in [1.82, 2.24) is 20.2 Å². The van der Waals surface area contributed by atoms with E-state index in [1.54, 1.807) is 43.6 Å². The summed E-state index contributed by atoms with van der Waals surface area (Å²) in [6.07, 6.45) is 3.30. The van der Waals surface area contributed by atoms with Crippen LogP contribution in [-0.4, -0.2) is 71.3 Å². The molecule has 10 nitrogen and oxygen atoms in total. The number of aliphatic hydroxyl groups is 1. The highest BCUT2D eigenvalue weighted by Crippen LogP contribution is 2.32. The van der Waals surface area contributed by atoms with Gasteiger partial charge in [-0.1, -0.05) is 35.9 Å². The maximum absolute atomic E-state index is 13.2. The first kappa shape index (κ1) is 26.9. The number of anilines is 1. The van der Waals surface area contributed by atoms with Crippen LogP contribution in [0.2, 0.25) is 5.02 Å². The molecule has 0 unspecified atom stereocenters. The van der Waals surface area contributed by atoms with Gasteiger partial charge in [-0.3, -0.25) is 9.59 Å². The molecular weight excluding hydrogens is 522 g/mol. The van der Waals surface area contributed by atoms with E-state index in [0.29, 0.717) is 58.9 Å². The van der Waals surface area contributed by atoms with Gasteiger partial charge in [-0.05, 0) is 42.2 Å². The zero-order chi connectivity index (χ0) is 27.4. The number of nitrogens with one attached hydrogen (secondary N) is 2. The van der Waals surface area contributed by atoms with Crippen molar-refractivity contribution in [2.24, 2.45) is 0 Å². The van der Waals surface area contributed by atoms with Crippen LogP contribution in [0, 0.1) is 0 Å². The Labute approximate surface area is 231 Å². The molecule has 1 saturated heterocycles. The van der Waals surface area contributed by atoms with Gasteiger partial charge in [0.15, 0.2) is 0 Å². The van der Waals surface area contributed by atoms with Crippen LogP contribution >= 0.6 is 11.6 Å². The fourth-order valence-electron chi connectivity index (χ4n) is 4.81. The molecule has 2 aliphatic heterocycles. The molecule has 11 heteroatoms. The number of methoxy groups -OCH3 is 1. The molecule has 0 spiro atoms. The third-order valence-electron chi connectivity index (χ3n) is 6.91. The van der Waals surface area contributed by atoms with E-state index in [0.717, 1.165) is 18.4 Å². The van der Waals surface area contributed by atoms with Gasteiger partial charge in [0.05, 0.1) is 36.7 Å². The second-order valence-electron chi connectivity index (χ2n) is 9.53.